The molecule has 1 rings (SSSR count). The first kappa shape index (κ1) is 17.3. The summed E-state index contributed by atoms with van der Waals surface area (Å²) >= 11 is 12.9. The molecule has 1 unspecified atom stereocenters. The zero-order chi connectivity index (χ0) is 14.3. The average Bonchev–Trinajstić information content (AvgIpc) is 2.40. The molecule has 4 heteroatoms. The average molecular weight is 413 g/mol. The van der Waals surface area contributed by atoms with E-state index in [1.54, 1.807) is 0 Å². The molecule has 1 aromatic rings. The van der Waals surface area contributed by atoms with Crippen LogP contribution in [0.1, 0.15) is 45.1 Å². The second-order valence-corrected chi connectivity index (χ2v) is 6.73. The summed E-state index contributed by atoms with van der Waals surface area (Å²) < 4.78 is 7.90. The van der Waals surface area contributed by atoms with Crippen LogP contribution in [0.2, 0.25) is 0 Å². The number of benzene rings is 1. The van der Waals surface area contributed by atoms with Gasteiger partial charge in [0.1, 0.15) is 5.75 Å². The minimum atomic E-state index is 0.506. The Morgan fingerprint density at radius 3 is 2.32 bits per heavy atom. The molecular weight excluding hydrogens is 391 g/mol. The van der Waals surface area contributed by atoms with E-state index in [0.29, 0.717) is 11.8 Å². The summed E-state index contributed by atoms with van der Waals surface area (Å²) in [4.78, 5) is 0. The lowest BCUT2D eigenvalue weighted by Crippen LogP contribution is -2.11. The molecular formula is C15H21Br2ClO. The fourth-order valence-electron chi connectivity index (χ4n) is 1.93. The summed E-state index contributed by atoms with van der Waals surface area (Å²) in [7, 11) is 0. The highest BCUT2D eigenvalue weighted by Gasteiger charge is 2.12. The molecule has 0 aromatic heterocycles. The highest BCUT2D eigenvalue weighted by Crippen LogP contribution is 2.35. The fraction of sp³-hybridized carbons (Fsp3) is 0.600. The van der Waals surface area contributed by atoms with Crippen LogP contribution in [-0.2, 0) is 5.88 Å². The number of halogens is 3. The minimum Gasteiger partial charge on any atom is -0.491 e. The number of unbranched alkanes of at least 4 members (excludes halogenated alkanes) is 1. The lowest BCUT2D eigenvalue weighted by molar-refractivity contribution is 0.231. The van der Waals surface area contributed by atoms with Crippen molar-refractivity contribution in [2.45, 2.75) is 45.4 Å². The van der Waals surface area contributed by atoms with Gasteiger partial charge in [-0.2, -0.15) is 0 Å². The fourth-order valence-corrected chi connectivity index (χ4v) is 3.59. The third-order valence-corrected chi connectivity index (χ3v) is 4.71. The lowest BCUT2D eigenvalue weighted by atomic mass is 10.0. The molecule has 1 atom stereocenters. The van der Waals surface area contributed by atoms with Crippen LogP contribution in [0.5, 0.6) is 5.75 Å². The van der Waals surface area contributed by atoms with Gasteiger partial charge < -0.3 is 4.74 Å². The predicted octanol–water partition coefficient (Wildman–Crippen LogP) is 6.55. The van der Waals surface area contributed by atoms with Gasteiger partial charge in [0, 0.05) is 5.88 Å². The molecule has 0 aliphatic rings. The zero-order valence-corrected chi connectivity index (χ0v) is 15.4. The standard InChI is InChI=1S/C15H21Br2ClO/c1-3-5-6-11(4-2)10-19-15-13(16)7-12(9-18)8-14(15)17/h7-8,11H,3-6,9-10H2,1-2H3. The summed E-state index contributed by atoms with van der Waals surface area (Å²) in [5.74, 6) is 2.02. The van der Waals surface area contributed by atoms with E-state index >= 15 is 0 Å². The van der Waals surface area contributed by atoms with Gasteiger partial charge in [0.2, 0.25) is 0 Å². The van der Waals surface area contributed by atoms with Crippen LogP contribution < -0.4 is 4.74 Å². The summed E-state index contributed by atoms with van der Waals surface area (Å²) in [5, 5.41) is 0. The van der Waals surface area contributed by atoms with Crippen molar-refractivity contribution < 1.29 is 4.74 Å². The van der Waals surface area contributed by atoms with Crippen molar-refractivity contribution in [1.29, 1.82) is 0 Å². The van der Waals surface area contributed by atoms with Crippen molar-refractivity contribution in [1.82, 2.24) is 0 Å². The molecule has 0 saturated carbocycles. The Kier molecular flexibility index (Phi) is 8.43. The van der Waals surface area contributed by atoms with E-state index in [1.165, 1.54) is 19.3 Å². The van der Waals surface area contributed by atoms with Gasteiger partial charge in [0.15, 0.2) is 0 Å². The molecule has 0 fully saturated rings. The first-order valence-corrected chi connectivity index (χ1v) is 8.91. The Morgan fingerprint density at radius 2 is 1.84 bits per heavy atom. The highest BCUT2D eigenvalue weighted by molar-refractivity contribution is 9.11. The van der Waals surface area contributed by atoms with E-state index in [4.69, 9.17) is 16.3 Å². The van der Waals surface area contributed by atoms with Gasteiger partial charge in [-0.15, -0.1) is 11.6 Å². The number of hydrogen-bond donors (Lipinski definition) is 0. The van der Waals surface area contributed by atoms with Crippen LogP contribution in [0.3, 0.4) is 0 Å². The summed E-state index contributed by atoms with van der Waals surface area (Å²) in [6, 6.07) is 4.03. The maximum absolute atomic E-state index is 5.98. The topological polar surface area (TPSA) is 9.23 Å². The molecule has 0 saturated heterocycles. The molecule has 108 valence electrons. The van der Waals surface area contributed by atoms with Crippen LogP contribution in [0.4, 0.5) is 0 Å². The Balaban J connectivity index is 2.66. The van der Waals surface area contributed by atoms with Gasteiger partial charge in [-0.25, -0.2) is 0 Å². The van der Waals surface area contributed by atoms with E-state index in [-0.39, 0.29) is 0 Å². The van der Waals surface area contributed by atoms with Gasteiger partial charge in [0.05, 0.1) is 15.6 Å². The van der Waals surface area contributed by atoms with Gasteiger partial charge in [0.25, 0.3) is 0 Å². The minimum absolute atomic E-state index is 0.506. The molecule has 19 heavy (non-hydrogen) atoms. The monoisotopic (exact) mass is 410 g/mol. The molecule has 0 aliphatic carbocycles. The second-order valence-electron chi connectivity index (χ2n) is 4.75. The van der Waals surface area contributed by atoms with Gasteiger partial charge in [-0.05, 0) is 61.9 Å². The number of alkyl halides is 1. The summed E-state index contributed by atoms with van der Waals surface area (Å²) in [5.41, 5.74) is 1.07. The van der Waals surface area contributed by atoms with Crippen molar-refractivity contribution in [3.05, 3.63) is 26.6 Å². The van der Waals surface area contributed by atoms with Crippen LogP contribution in [0, 0.1) is 5.92 Å². The normalized spacial score (nSPS) is 12.5. The quantitative estimate of drug-likeness (QED) is 0.440. The predicted molar refractivity (Wildman–Crippen MR) is 90.2 cm³/mol. The molecule has 0 aliphatic heterocycles. The number of rotatable bonds is 8. The molecule has 0 amide bonds. The van der Waals surface area contributed by atoms with Gasteiger partial charge in [-0.3, -0.25) is 0 Å². The Labute approximate surface area is 138 Å². The third-order valence-electron chi connectivity index (χ3n) is 3.22. The van der Waals surface area contributed by atoms with Crippen LogP contribution in [-0.4, -0.2) is 6.61 Å². The number of ether oxygens (including phenoxy) is 1. The van der Waals surface area contributed by atoms with Crippen molar-refractivity contribution in [3.63, 3.8) is 0 Å². The maximum Gasteiger partial charge on any atom is 0.147 e. The first-order valence-electron chi connectivity index (χ1n) is 6.79. The second kappa shape index (κ2) is 9.25. The van der Waals surface area contributed by atoms with Crippen molar-refractivity contribution in [3.8, 4) is 5.75 Å². The van der Waals surface area contributed by atoms with Crippen molar-refractivity contribution in [2.75, 3.05) is 6.61 Å². The largest absolute Gasteiger partial charge is 0.491 e. The van der Waals surface area contributed by atoms with Crippen LogP contribution in [0.25, 0.3) is 0 Å². The van der Waals surface area contributed by atoms with E-state index in [9.17, 15) is 0 Å². The molecule has 0 radical (unpaired) electrons. The summed E-state index contributed by atoms with van der Waals surface area (Å²) in [6.07, 6.45) is 4.92. The highest BCUT2D eigenvalue weighted by atomic mass is 79.9. The van der Waals surface area contributed by atoms with Crippen molar-refractivity contribution in [2.24, 2.45) is 5.92 Å². The van der Waals surface area contributed by atoms with Crippen molar-refractivity contribution >= 4 is 43.5 Å². The number of hydrogen-bond acceptors (Lipinski definition) is 1. The maximum atomic E-state index is 5.98. The Hall–Kier alpha value is 0.270. The molecule has 0 bridgehead atoms. The van der Waals surface area contributed by atoms with E-state index in [0.717, 1.165) is 33.3 Å². The SMILES string of the molecule is CCCCC(CC)COc1c(Br)cc(CCl)cc1Br. The molecule has 1 nitrogen and oxygen atoms in total. The molecule has 1 aromatic carbocycles. The van der Waals surface area contributed by atoms with Gasteiger partial charge in [-0.1, -0.05) is 33.1 Å². The van der Waals surface area contributed by atoms with Gasteiger partial charge >= 0.3 is 0 Å². The van der Waals surface area contributed by atoms with E-state index in [2.05, 4.69) is 45.7 Å². The molecule has 0 heterocycles. The van der Waals surface area contributed by atoms with E-state index < -0.39 is 0 Å². The Bertz CT molecular complexity index is 373. The Morgan fingerprint density at radius 1 is 1.21 bits per heavy atom. The third kappa shape index (κ3) is 5.65. The van der Waals surface area contributed by atoms with Crippen LogP contribution in [0.15, 0.2) is 21.1 Å². The first-order chi connectivity index (χ1) is 9.12. The molecule has 0 spiro atoms. The smallest absolute Gasteiger partial charge is 0.147 e. The van der Waals surface area contributed by atoms with E-state index in [1.807, 2.05) is 12.1 Å². The molecule has 0 N–H and O–H groups in total. The lowest BCUT2D eigenvalue weighted by Gasteiger charge is -2.17. The zero-order valence-electron chi connectivity index (χ0n) is 11.5. The van der Waals surface area contributed by atoms with Crippen LogP contribution >= 0.6 is 43.5 Å². The summed E-state index contributed by atoms with van der Waals surface area (Å²) in [6.45, 7) is 5.23.